The quantitative estimate of drug-likeness (QED) is 0.540. The molecule has 0 aromatic heterocycles. The van der Waals surface area contributed by atoms with Crippen LogP contribution < -0.4 is 10.6 Å². The van der Waals surface area contributed by atoms with E-state index in [1.165, 1.54) is 4.90 Å². The van der Waals surface area contributed by atoms with Crippen LogP contribution in [-0.4, -0.2) is 79.1 Å². The normalized spacial score (nSPS) is 18.5. The molecule has 1 aliphatic heterocycles. The first-order valence-corrected chi connectivity index (χ1v) is 7.10. The number of urea groups is 1. The Bertz CT molecular complexity index is 386. The van der Waals surface area contributed by atoms with Gasteiger partial charge in [-0.2, -0.15) is 0 Å². The molecule has 0 bridgehead atoms. The van der Waals surface area contributed by atoms with Crippen molar-refractivity contribution in [1.29, 1.82) is 0 Å². The first-order valence-electron chi connectivity index (χ1n) is 7.10. The minimum absolute atomic E-state index is 0.327. The Kier molecular flexibility index (Phi) is 6.93. The van der Waals surface area contributed by atoms with Crippen LogP contribution in [0.2, 0.25) is 0 Å². The number of carbonyl (C=O) groups excluding carboxylic acids is 2. The summed E-state index contributed by atoms with van der Waals surface area (Å²) in [5.41, 5.74) is 0. The number of carboxylic acids is 1. The van der Waals surface area contributed by atoms with Gasteiger partial charge in [-0.25, -0.2) is 4.79 Å². The average Bonchev–Trinajstić information content (AvgIpc) is 2.39. The van der Waals surface area contributed by atoms with Crippen LogP contribution in [0.4, 0.5) is 4.79 Å². The Morgan fingerprint density at radius 1 is 1.43 bits per heavy atom. The van der Waals surface area contributed by atoms with Crippen LogP contribution in [0.5, 0.6) is 0 Å². The first-order chi connectivity index (χ1) is 9.91. The van der Waals surface area contributed by atoms with E-state index in [0.29, 0.717) is 19.6 Å². The van der Waals surface area contributed by atoms with Gasteiger partial charge in [-0.1, -0.05) is 0 Å². The zero-order valence-electron chi connectivity index (χ0n) is 12.6. The predicted molar refractivity (Wildman–Crippen MR) is 76.9 cm³/mol. The second kappa shape index (κ2) is 8.46. The zero-order chi connectivity index (χ0) is 15.8. The molecule has 0 aromatic rings. The molecule has 1 unspecified atom stereocenters. The third kappa shape index (κ3) is 5.99. The summed E-state index contributed by atoms with van der Waals surface area (Å²) in [6.45, 7) is 2.14. The summed E-state index contributed by atoms with van der Waals surface area (Å²) in [4.78, 5) is 37.9. The van der Waals surface area contributed by atoms with Gasteiger partial charge in [0, 0.05) is 19.6 Å². The minimum atomic E-state index is -1.10. The Labute approximate surface area is 124 Å². The molecule has 3 N–H and O–H groups in total. The number of hydrogen-bond acceptors (Lipinski definition) is 4. The number of aliphatic carboxylic acids is 1. The molecule has 0 spiro atoms. The summed E-state index contributed by atoms with van der Waals surface area (Å²) < 4.78 is 0. The van der Waals surface area contributed by atoms with E-state index in [4.69, 9.17) is 5.11 Å². The van der Waals surface area contributed by atoms with Gasteiger partial charge in [-0.3, -0.25) is 9.59 Å². The van der Waals surface area contributed by atoms with E-state index in [0.717, 1.165) is 19.4 Å². The Morgan fingerprint density at radius 3 is 2.76 bits per heavy atom. The van der Waals surface area contributed by atoms with Crippen molar-refractivity contribution in [2.75, 3.05) is 40.3 Å². The summed E-state index contributed by atoms with van der Waals surface area (Å²) >= 11 is 0. The van der Waals surface area contributed by atoms with E-state index < -0.39 is 17.9 Å². The molecule has 1 fully saturated rings. The van der Waals surface area contributed by atoms with Crippen LogP contribution >= 0.6 is 0 Å². The number of unbranched alkanes of at least 4 members (excludes halogenated alkanes) is 1. The second-order valence-corrected chi connectivity index (χ2v) is 5.34. The lowest BCUT2D eigenvalue weighted by molar-refractivity contribution is -0.142. The van der Waals surface area contributed by atoms with Gasteiger partial charge in [-0.05, 0) is 33.5 Å². The lowest BCUT2D eigenvalue weighted by atomic mass is 10.1. The summed E-state index contributed by atoms with van der Waals surface area (Å²) in [6.07, 6.45) is 1.43. The molecular formula is C13H24N4O4. The van der Waals surface area contributed by atoms with Gasteiger partial charge in [0.15, 0.2) is 0 Å². The van der Waals surface area contributed by atoms with Gasteiger partial charge in [0.25, 0.3) is 0 Å². The fourth-order valence-electron chi connectivity index (χ4n) is 2.18. The largest absolute Gasteiger partial charge is 0.481 e. The van der Waals surface area contributed by atoms with Gasteiger partial charge in [0.05, 0.1) is 6.42 Å². The van der Waals surface area contributed by atoms with Crippen molar-refractivity contribution < 1.29 is 19.5 Å². The maximum absolute atomic E-state index is 12.1. The molecule has 21 heavy (non-hydrogen) atoms. The molecule has 1 aliphatic rings. The van der Waals surface area contributed by atoms with Crippen molar-refractivity contribution in [3.8, 4) is 0 Å². The minimum Gasteiger partial charge on any atom is -0.481 e. The first kappa shape index (κ1) is 17.2. The highest BCUT2D eigenvalue weighted by Crippen LogP contribution is 2.09. The van der Waals surface area contributed by atoms with Gasteiger partial charge < -0.3 is 25.5 Å². The standard InChI is InChI=1S/C13H24N4O4/c1-16(2)7-4-3-5-15-13(21)17-8-6-14-12(20)10(17)9-11(18)19/h10H,3-9H2,1-2H3,(H,14,20)(H,15,21)(H,18,19). The number of piperazine rings is 1. The van der Waals surface area contributed by atoms with Crippen molar-refractivity contribution in [3.05, 3.63) is 0 Å². The highest BCUT2D eigenvalue weighted by Gasteiger charge is 2.34. The number of carbonyl (C=O) groups is 3. The molecule has 8 nitrogen and oxygen atoms in total. The fourth-order valence-corrected chi connectivity index (χ4v) is 2.18. The molecule has 0 aromatic carbocycles. The van der Waals surface area contributed by atoms with E-state index >= 15 is 0 Å². The number of nitrogens with zero attached hydrogens (tertiary/aromatic N) is 2. The summed E-state index contributed by atoms with van der Waals surface area (Å²) in [7, 11) is 3.98. The van der Waals surface area contributed by atoms with Crippen molar-refractivity contribution in [2.24, 2.45) is 0 Å². The highest BCUT2D eigenvalue weighted by molar-refractivity contribution is 5.91. The molecule has 8 heteroatoms. The molecular weight excluding hydrogens is 276 g/mol. The number of carboxylic acid groups (broad SMARTS) is 1. The van der Waals surface area contributed by atoms with Crippen LogP contribution in [0.3, 0.4) is 0 Å². The van der Waals surface area contributed by atoms with Gasteiger partial charge >= 0.3 is 12.0 Å². The Morgan fingerprint density at radius 2 is 2.14 bits per heavy atom. The van der Waals surface area contributed by atoms with Crippen molar-refractivity contribution in [3.63, 3.8) is 0 Å². The molecule has 1 rings (SSSR count). The summed E-state index contributed by atoms with van der Waals surface area (Å²) in [6, 6.07) is -1.31. The Balaban J connectivity index is 2.42. The number of rotatable bonds is 7. The molecule has 0 aliphatic carbocycles. The monoisotopic (exact) mass is 300 g/mol. The maximum atomic E-state index is 12.1. The van der Waals surface area contributed by atoms with E-state index in [1.807, 2.05) is 14.1 Å². The number of amides is 3. The highest BCUT2D eigenvalue weighted by atomic mass is 16.4. The smallest absolute Gasteiger partial charge is 0.318 e. The molecule has 0 saturated carbocycles. The third-order valence-corrected chi connectivity index (χ3v) is 3.27. The topological polar surface area (TPSA) is 102 Å². The summed E-state index contributed by atoms with van der Waals surface area (Å²) in [5, 5.41) is 14.2. The number of nitrogens with one attached hydrogen (secondary N) is 2. The van der Waals surface area contributed by atoms with E-state index in [9.17, 15) is 14.4 Å². The van der Waals surface area contributed by atoms with Crippen LogP contribution in [0.15, 0.2) is 0 Å². The predicted octanol–water partition coefficient (Wildman–Crippen LogP) is -0.687. The van der Waals surface area contributed by atoms with Crippen molar-refractivity contribution >= 4 is 17.9 Å². The van der Waals surface area contributed by atoms with E-state index in [1.54, 1.807) is 0 Å². The maximum Gasteiger partial charge on any atom is 0.318 e. The third-order valence-electron chi connectivity index (χ3n) is 3.27. The van der Waals surface area contributed by atoms with Crippen molar-refractivity contribution in [1.82, 2.24) is 20.4 Å². The lowest BCUT2D eigenvalue weighted by Crippen LogP contribution is -2.60. The van der Waals surface area contributed by atoms with Crippen LogP contribution in [0.1, 0.15) is 19.3 Å². The van der Waals surface area contributed by atoms with Crippen molar-refractivity contribution in [2.45, 2.75) is 25.3 Å². The molecule has 1 heterocycles. The molecule has 3 amide bonds. The van der Waals surface area contributed by atoms with Gasteiger partial charge in [0.1, 0.15) is 6.04 Å². The SMILES string of the molecule is CN(C)CCCCNC(=O)N1CCNC(=O)C1CC(=O)O. The molecule has 0 radical (unpaired) electrons. The lowest BCUT2D eigenvalue weighted by Gasteiger charge is -2.34. The van der Waals surface area contributed by atoms with Crippen LogP contribution in [-0.2, 0) is 9.59 Å². The van der Waals surface area contributed by atoms with Gasteiger partial charge in [-0.15, -0.1) is 0 Å². The van der Waals surface area contributed by atoms with E-state index in [2.05, 4.69) is 15.5 Å². The molecule has 1 atom stereocenters. The average molecular weight is 300 g/mol. The van der Waals surface area contributed by atoms with Crippen LogP contribution in [0, 0.1) is 0 Å². The fraction of sp³-hybridized carbons (Fsp3) is 0.769. The zero-order valence-corrected chi connectivity index (χ0v) is 12.6. The van der Waals surface area contributed by atoms with E-state index in [-0.39, 0.29) is 12.5 Å². The summed E-state index contributed by atoms with van der Waals surface area (Å²) in [5.74, 6) is -1.51. The second-order valence-electron chi connectivity index (χ2n) is 5.34. The molecule has 1 saturated heterocycles. The number of hydrogen-bond donors (Lipinski definition) is 3. The molecule has 120 valence electrons. The van der Waals surface area contributed by atoms with Gasteiger partial charge in [0.2, 0.25) is 5.91 Å². The Hall–Kier alpha value is -1.83. The van der Waals surface area contributed by atoms with Crippen LogP contribution in [0.25, 0.3) is 0 Å².